The fourth-order valence-corrected chi connectivity index (χ4v) is 7.04. The van der Waals surface area contributed by atoms with Gasteiger partial charge >= 0.3 is 0 Å². The van der Waals surface area contributed by atoms with Gasteiger partial charge in [0.05, 0.1) is 6.04 Å². The Morgan fingerprint density at radius 2 is 1.95 bits per heavy atom. The van der Waals surface area contributed by atoms with Gasteiger partial charge in [-0.2, -0.15) is 0 Å². The summed E-state index contributed by atoms with van der Waals surface area (Å²) in [5, 5.41) is 9.53. The van der Waals surface area contributed by atoms with Crippen molar-refractivity contribution >= 4 is 40.8 Å². The average Bonchev–Trinajstić information content (AvgIpc) is 3.58. The second kappa shape index (κ2) is 9.74. The number of H-pyrrole nitrogens is 1. The van der Waals surface area contributed by atoms with Crippen LogP contribution in [0.25, 0.3) is 10.9 Å². The van der Waals surface area contributed by atoms with E-state index >= 15 is 0 Å². The summed E-state index contributed by atoms with van der Waals surface area (Å²) in [5.41, 5.74) is 2.21. The van der Waals surface area contributed by atoms with E-state index in [0.717, 1.165) is 29.3 Å². The first-order chi connectivity index (χ1) is 19.1. The van der Waals surface area contributed by atoms with Crippen molar-refractivity contribution in [3.05, 3.63) is 35.5 Å². The Bertz CT molecular complexity index is 1390. The molecule has 3 heterocycles. The van der Waals surface area contributed by atoms with Crippen molar-refractivity contribution in [2.24, 2.45) is 29.1 Å². The maximum atomic E-state index is 14.0. The second-order valence-electron chi connectivity index (χ2n) is 12.7. The molecule has 10 heteroatoms. The number of aryl methyl sites for hydroxylation is 1. The average molecular weight is 548 g/mol. The largest absolute Gasteiger partial charge is 0.356 e. The Morgan fingerprint density at radius 3 is 2.60 bits per heavy atom. The Balaban J connectivity index is 1.19. The SMILES string of the molecule is Cc1cccc2[nH]c(C(=O)NC(C(=O)N3C[C@H]4[C@@H]([C@H]3C(=O)N[C@H](C=O)C[C@@H]3CCNC3=O)C4(C)C)C3CC3)cc12. The number of likely N-dealkylation sites (tertiary alicyclic amines) is 1. The molecule has 0 radical (unpaired) electrons. The minimum Gasteiger partial charge on any atom is -0.356 e. The van der Waals surface area contributed by atoms with Crippen molar-refractivity contribution < 1.29 is 24.0 Å². The lowest BCUT2D eigenvalue weighted by Gasteiger charge is -2.33. The first kappa shape index (κ1) is 26.5. The van der Waals surface area contributed by atoms with E-state index in [2.05, 4.69) is 34.8 Å². The first-order valence-electron chi connectivity index (χ1n) is 14.3. The lowest BCUT2D eigenvalue weighted by atomic mass is 9.97. The number of nitrogens with zero attached hydrogens (tertiary/aromatic N) is 1. The molecule has 0 bridgehead atoms. The van der Waals surface area contributed by atoms with Gasteiger partial charge in [0.2, 0.25) is 17.7 Å². The van der Waals surface area contributed by atoms with Crippen LogP contribution in [0.3, 0.4) is 0 Å². The topological polar surface area (TPSA) is 140 Å². The summed E-state index contributed by atoms with van der Waals surface area (Å²) in [6, 6.07) is 5.38. The number of carbonyl (C=O) groups excluding carboxylic acids is 5. The standard InChI is InChI=1S/C30H37N5O5/c1-15-5-4-6-21-19(15)12-22(33-21)27(38)34-24(16-7-8-16)29(40)35-13-20-23(30(20,2)3)25(35)28(39)32-18(14-36)11-17-9-10-31-26(17)37/h4-6,12,14,16-18,20,23-25,33H,7-11,13H2,1-3H3,(H,31,37)(H,32,39)(H,34,38)/t17-,18-,20-,23-,24?,25-/m0/s1. The fraction of sp³-hybridized carbons (Fsp3) is 0.567. The van der Waals surface area contributed by atoms with E-state index in [9.17, 15) is 24.0 Å². The summed E-state index contributed by atoms with van der Waals surface area (Å²) in [4.78, 5) is 69.6. The zero-order valence-electron chi connectivity index (χ0n) is 23.2. The van der Waals surface area contributed by atoms with Crippen molar-refractivity contribution in [2.75, 3.05) is 13.1 Å². The molecule has 0 spiro atoms. The quantitative estimate of drug-likeness (QED) is 0.354. The number of fused-ring (bicyclic) bond motifs is 2. The van der Waals surface area contributed by atoms with Gasteiger partial charge in [0.1, 0.15) is 24.1 Å². The lowest BCUT2D eigenvalue weighted by Crippen LogP contribution is -2.57. The molecule has 4 amide bonds. The van der Waals surface area contributed by atoms with Gasteiger partial charge in [-0.15, -0.1) is 0 Å². The minimum absolute atomic E-state index is 0.0224. The van der Waals surface area contributed by atoms with E-state index in [4.69, 9.17) is 0 Å². The molecular formula is C30H37N5O5. The summed E-state index contributed by atoms with van der Waals surface area (Å²) in [7, 11) is 0. The van der Waals surface area contributed by atoms with E-state index in [1.807, 2.05) is 31.2 Å². The van der Waals surface area contributed by atoms with Crippen molar-refractivity contribution in [3.8, 4) is 0 Å². The van der Waals surface area contributed by atoms with E-state index in [1.165, 1.54) is 0 Å². The van der Waals surface area contributed by atoms with E-state index in [-0.39, 0.29) is 59.1 Å². The smallest absolute Gasteiger partial charge is 0.268 e. The van der Waals surface area contributed by atoms with E-state index in [1.54, 1.807) is 4.90 Å². The van der Waals surface area contributed by atoms with Gasteiger partial charge in [-0.3, -0.25) is 19.2 Å². The number of hydrogen-bond donors (Lipinski definition) is 4. The van der Waals surface area contributed by atoms with Gasteiger partial charge in [0.25, 0.3) is 5.91 Å². The maximum absolute atomic E-state index is 14.0. The van der Waals surface area contributed by atoms with Crippen LogP contribution in [-0.4, -0.2) is 71.0 Å². The van der Waals surface area contributed by atoms with Crippen LogP contribution in [0.5, 0.6) is 0 Å². The van der Waals surface area contributed by atoms with Crippen LogP contribution in [0.4, 0.5) is 0 Å². The molecule has 6 rings (SSSR count). The number of carbonyl (C=O) groups is 5. The molecule has 4 fully saturated rings. The number of amides is 4. The number of hydrogen-bond acceptors (Lipinski definition) is 5. The van der Waals surface area contributed by atoms with Crippen molar-refractivity contribution in [2.45, 2.75) is 64.6 Å². The van der Waals surface area contributed by atoms with Gasteiger partial charge in [0.15, 0.2) is 0 Å². The highest BCUT2D eigenvalue weighted by atomic mass is 16.2. The Morgan fingerprint density at radius 1 is 1.18 bits per heavy atom. The number of piperidine rings is 1. The van der Waals surface area contributed by atoms with Gasteiger partial charge < -0.3 is 30.6 Å². The Kier molecular flexibility index (Phi) is 6.46. The third-order valence-electron chi connectivity index (χ3n) is 9.73. The van der Waals surface area contributed by atoms with Crippen LogP contribution in [0, 0.1) is 36.0 Å². The molecule has 2 saturated carbocycles. The van der Waals surface area contributed by atoms with Crippen molar-refractivity contribution in [3.63, 3.8) is 0 Å². The van der Waals surface area contributed by atoms with Crippen LogP contribution >= 0.6 is 0 Å². The van der Waals surface area contributed by atoms with Crippen LogP contribution in [0.2, 0.25) is 0 Å². The molecular weight excluding hydrogens is 510 g/mol. The molecule has 40 heavy (non-hydrogen) atoms. The summed E-state index contributed by atoms with van der Waals surface area (Å²) >= 11 is 0. The molecule has 2 saturated heterocycles. The molecule has 4 N–H and O–H groups in total. The molecule has 2 aromatic rings. The summed E-state index contributed by atoms with van der Waals surface area (Å²) in [6.07, 6.45) is 3.22. The third-order valence-corrected chi connectivity index (χ3v) is 9.73. The molecule has 2 aliphatic heterocycles. The molecule has 1 aromatic carbocycles. The number of benzene rings is 1. The van der Waals surface area contributed by atoms with Crippen LogP contribution in [-0.2, 0) is 19.2 Å². The molecule has 4 aliphatic rings. The molecule has 1 aromatic heterocycles. The Hall–Kier alpha value is -3.69. The normalized spacial score (nSPS) is 28.0. The molecule has 6 atom stereocenters. The van der Waals surface area contributed by atoms with Gasteiger partial charge in [-0.05, 0) is 73.5 Å². The lowest BCUT2D eigenvalue weighted by molar-refractivity contribution is -0.142. The maximum Gasteiger partial charge on any atom is 0.268 e. The van der Waals surface area contributed by atoms with Crippen molar-refractivity contribution in [1.29, 1.82) is 0 Å². The summed E-state index contributed by atoms with van der Waals surface area (Å²) in [6.45, 7) is 7.19. The van der Waals surface area contributed by atoms with Crippen LogP contribution < -0.4 is 16.0 Å². The number of aromatic nitrogens is 1. The van der Waals surface area contributed by atoms with Gasteiger partial charge in [-0.1, -0.05) is 26.0 Å². The predicted molar refractivity (Wildman–Crippen MR) is 147 cm³/mol. The van der Waals surface area contributed by atoms with Crippen molar-refractivity contribution in [1.82, 2.24) is 25.8 Å². The number of nitrogens with one attached hydrogen (secondary N) is 4. The molecule has 1 unspecified atom stereocenters. The second-order valence-corrected chi connectivity index (χ2v) is 12.7. The summed E-state index contributed by atoms with van der Waals surface area (Å²) in [5.74, 6) is -1.19. The molecule has 212 valence electrons. The van der Waals surface area contributed by atoms with E-state index < -0.39 is 18.1 Å². The number of aromatic amines is 1. The van der Waals surface area contributed by atoms with Crippen LogP contribution in [0.15, 0.2) is 24.3 Å². The number of rotatable bonds is 9. The van der Waals surface area contributed by atoms with Crippen LogP contribution in [0.1, 0.15) is 55.6 Å². The first-order valence-corrected chi connectivity index (χ1v) is 14.3. The van der Waals surface area contributed by atoms with Gasteiger partial charge in [-0.25, -0.2) is 0 Å². The molecule has 2 aliphatic carbocycles. The minimum atomic E-state index is -0.802. The van der Waals surface area contributed by atoms with E-state index in [0.29, 0.717) is 31.5 Å². The highest BCUT2D eigenvalue weighted by molar-refractivity contribution is 6.01. The monoisotopic (exact) mass is 547 g/mol. The zero-order valence-corrected chi connectivity index (χ0v) is 23.2. The highest BCUT2D eigenvalue weighted by Gasteiger charge is 2.69. The van der Waals surface area contributed by atoms with Gasteiger partial charge in [0, 0.05) is 29.9 Å². The third kappa shape index (κ3) is 4.57. The number of aldehydes is 1. The summed E-state index contributed by atoms with van der Waals surface area (Å²) < 4.78 is 0. The Labute approximate surface area is 233 Å². The zero-order chi connectivity index (χ0) is 28.3. The fourth-order valence-electron chi connectivity index (χ4n) is 7.04. The molecule has 10 nitrogen and oxygen atoms in total. The predicted octanol–water partition coefficient (Wildman–Crippen LogP) is 1.68. The highest BCUT2D eigenvalue weighted by Crippen LogP contribution is 2.65.